The van der Waals surface area contributed by atoms with Gasteiger partial charge in [0.2, 0.25) is 0 Å². The molecule has 0 saturated carbocycles. The van der Waals surface area contributed by atoms with Crippen LogP contribution in [-0.2, 0) is 0 Å². The highest BCUT2D eigenvalue weighted by atomic mass is 16.3. The molecule has 1 aromatic heterocycles. The van der Waals surface area contributed by atoms with Gasteiger partial charge in [-0.15, -0.1) is 0 Å². The number of fused-ring (bicyclic) bond motifs is 7. The molecular weight excluding hydrogens is 641 g/mol. The summed E-state index contributed by atoms with van der Waals surface area (Å²) in [7, 11) is 0. The molecule has 0 unspecified atom stereocenters. The Morgan fingerprint density at radius 1 is 0.264 bits per heavy atom. The van der Waals surface area contributed by atoms with E-state index in [4.69, 9.17) is 4.42 Å². The number of benzene rings is 12. The van der Waals surface area contributed by atoms with Gasteiger partial charge in [-0.05, 0) is 127 Å². The van der Waals surface area contributed by atoms with Crippen molar-refractivity contribution in [2.24, 2.45) is 0 Å². The van der Waals surface area contributed by atoms with E-state index >= 15 is 0 Å². The fourth-order valence-corrected chi connectivity index (χ4v) is 9.77. The van der Waals surface area contributed by atoms with Gasteiger partial charge in [0.15, 0.2) is 0 Å². The molecule has 0 aliphatic heterocycles. The van der Waals surface area contributed by atoms with Gasteiger partial charge in [0.05, 0.1) is 0 Å². The first kappa shape index (κ1) is 27.7. The first-order chi connectivity index (χ1) is 26.3. The molecule has 0 N–H and O–H groups in total. The highest BCUT2D eigenvalue weighted by Gasteiger charge is 2.21. The van der Waals surface area contributed by atoms with Crippen molar-refractivity contribution in [2.75, 3.05) is 0 Å². The van der Waals surface area contributed by atoms with Gasteiger partial charge in [0, 0.05) is 16.3 Å². The standard InChI is InChI=1S/C52H28O/c1-2-8-34-28-47-44(25-33(34)7-1)46-27-35(36-23-24-43-38-13-4-3-12-37(38)40-14-6-11-31-19-21-41(36)51(43)50(31)40)26-45(52(46)53-47)39-20-17-32-16-15-29-9-5-10-30-18-22-42(39)49(32)48(29)30/h1-28H. The van der Waals surface area contributed by atoms with Crippen molar-refractivity contribution in [2.45, 2.75) is 0 Å². The minimum absolute atomic E-state index is 0.914. The fourth-order valence-electron chi connectivity index (χ4n) is 9.77. The third-order valence-electron chi connectivity index (χ3n) is 12.1. The van der Waals surface area contributed by atoms with Crippen LogP contribution >= 0.6 is 0 Å². The molecule has 0 bridgehead atoms. The third-order valence-corrected chi connectivity index (χ3v) is 12.1. The van der Waals surface area contributed by atoms with Crippen molar-refractivity contribution < 1.29 is 4.42 Å². The van der Waals surface area contributed by atoms with Crippen LogP contribution in [0.2, 0.25) is 0 Å². The first-order valence-corrected chi connectivity index (χ1v) is 18.4. The maximum atomic E-state index is 6.96. The summed E-state index contributed by atoms with van der Waals surface area (Å²) in [6.45, 7) is 0. The molecule has 13 aromatic rings. The third kappa shape index (κ3) is 3.61. The molecule has 0 atom stereocenters. The largest absolute Gasteiger partial charge is 0.455 e. The molecule has 53 heavy (non-hydrogen) atoms. The Labute approximate surface area is 303 Å². The van der Waals surface area contributed by atoms with Gasteiger partial charge in [-0.1, -0.05) is 146 Å². The van der Waals surface area contributed by atoms with E-state index in [-0.39, 0.29) is 0 Å². The predicted molar refractivity (Wildman–Crippen MR) is 227 cm³/mol. The zero-order valence-corrected chi connectivity index (χ0v) is 28.6. The summed E-state index contributed by atoms with van der Waals surface area (Å²) in [5.74, 6) is 0. The van der Waals surface area contributed by atoms with E-state index < -0.39 is 0 Å². The van der Waals surface area contributed by atoms with Crippen molar-refractivity contribution in [1.82, 2.24) is 0 Å². The number of hydrogen-bond acceptors (Lipinski definition) is 1. The van der Waals surface area contributed by atoms with E-state index in [0.717, 1.165) is 27.5 Å². The van der Waals surface area contributed by atoms with E-state index in [0.29, 0.717) is 0 Å². The van der Waals surface area contributed by atoms with Gasteiger partial charge in [0.25, 0.3) is 0 Å². The minimum Gasteiger partial charge on any atom is -0.455 e. The quantitative estimate of drug-likeness (QED) is 0.132. The van der Waals surface area contributed by atoms with Crippen molar-refractivity contribution in [1.29, 1.82) is 0 Å². The lowest BCUT2D eigenvalue weighted by molar-refractivity contribution is 0.670. The highest BCUT2D eigenvalue weighted by Crippen LogP contribution is 2.48. The van der Waals surface area contributed by atoms with Crippen LogP contribution in [0.3, 0.4) is 0 Å². The van der Waals surface area contributed by atoms with E-state index in [1.807, 2.05) is 0 Å². The van der Waals surface area contributed by atoms with Crippen LogP contribution in [-0.4, -0.2) is 0 Å². The van der Waals surface area contributed by atoms with E-state index in [1.165, 1.54) is 103 Å². The van der Waals surface area contributed by atoms with Gasteiger partial charge in [-0.3, -0.25) is 0 Å². The molecule has 0 fully saturated rings. The van der Waals surface area contributed by atoms with Crippen LogP contribution < -0.4 is 0 Å². The van der Waals surface area contributed by atoms with Crippen molar-refractivity contribution in [3.8, 4) is 22.3 Å². The summed E-state index contributed by atoms with van der Waals surface area (Å²) in [6, 6.07) is 63.2. The van der Waals surface area contributed by atoms with Crippen LogP contribution in [0.15, 0.2) is 174 Å². The number of furan rings is 1. The van der Waals surface area contributed by atoms with Gasteiger partial charge in [-0.2, -0.15) is 0 Å². The summed E-state index contributed by atoms with van der Waals surface area (Å²) in [4.78, 5) is 0. The maximum absolute atomic E-state index is 6.96. The lowest BCUT2D eigenvalue weighted by Gasteiger charge is -2.18. The van der Waals surface area contributed by atoms with Crippen LogP contribution in [0.5, 0.6) is 0 Å². The summed E-state index contributed by atoms with van der Waals surface area (Å²) in [5, 5.41) is 22.8. The Morgan fingerprint density at radius 2 is 0.792 bits per heavy atom. The topological polar surface area (TPSA) is 13.1 Å². The molecule has 242 valence electrons. The maximum Gasteiger partial charge on any atom is 0.143 e. The molecule has 0 aliphatic rings. The number of rotatable bonds is 2. The monoisotopic (exact) mass is 668 g/mol. The Balaban J connectivity index is 1.18. The van der Waals surface area contributed by atoms with Crippen LogP contribution in [0.25, 0.3) is 130 Å². The zero-order valence-electron chi connectivity index (χ0n) is 28.6. The van der Waals surface area contributed by atoms with Gasteiger partial charge < -0.3 is 4.42 Å². The Kier molecular flexibility index (Phi) is 5.17. The molecule has 12 aromatic carbocycles. The van der Waals surface area contributed by atoms with Crippen LogP contribution in [0.1, 0.15) is 0 Å². The molecule has 0 spiro atoms. The summed E-state index contributed by atoms with van der Waals surface area (Å²) >= 11 is 0. The molecule has 0 saturated heterocycles. The molecule has 1 nitrogen and oxygen atoms in total. The van der Waals surface area contributed by atoms with Gasteiger partial charge >= 0.3 is 0 Å². The first-order valence-electron chi connectivity index (χ1n) is 18.4. The summed E-state index contributed by atoms with van der Waals surface area (Å²) in [5.41, 5.74) is 6.57. The Hall–Kier alpha value is -6.96. The van der Waals surface area contributed by atoms with Gasteiger partial charge in [-0.25, -0.2) is 0 Å². The molecule has 1 heteroatoms. The summed E-state index contributed by atoms with van der Waals surface area (Å²) < 4.78 is 6.96. The Morgan fingerprint density at radius 3 is 1.58 bits per heavy atom. The van der Waals surface area contributed by atoms with Crippen LogP contribution in [0, 0.1) is 0 Å². The van der Waals surface area contributed by atoms with Crippen molar-refractivity contribution >= 4 is 108 Å². The normalized spacial score (nSPS) is 12.5. The molecule has 13 rings (SSSR count). The highest BCUT2D eigenvalue weighted by molar-refractivity contribution is 6.35. The molecule has 0 radical (unpaired) electrons. The van der Waals surface area contributed by atoms with Crippen molar-refractivity contribution in [3.05, 3.63) is 170 Å². The van der Waals surface area contributed by atoms with E-state index in [2.05, 4.69) is 170 Å². The second-order valence-corrected chi connectivity index (χ2v) is 14.8. The van der Waals surface area contributed by atoms with Crippen molar-refractivity contribution in [3.63, 3.8) is 0 Å². The fraction of sp³-hybridized carbons (Fsp3) is 0. The average Bonchev–Trinajstić information content (AvgIpc) is 3.58. The lowest BCUT2D eigenvalue weighted by Crippen LogP contribution is -1.91. The predicted octanol–water partition coefficient (Wildman–Crippen LogP) is 15.0. The van der Waals surface area contributed by atoms with Crippen LogP contribution in [0.4, 0.5) is 0 Å². The second kappa shape index (κ2) is 9.88. The van der Waals surface area contributed by atoms with E-state index in [9.17, 15) is 0 Å². The lowest BCUT2D eigenvalue weighted by atomic mass is 9.85. The molecular formula is C52H28O. The smallest absolute Gasteiger partial charge is 0.143 e. The number of hydrogen-bond donors (Lipinski definition) is 0. The van der Waals surface area contributed by atoms with E-state index in [1.54, 1.807) is 0 Å². The molecule has 0 amide bonds. The Bertz CT molecular complexity index is 3660. The molecule has 1 heterocycles. The summed E-state index contributed by atoms with van der Waals surface area (Å²) in [6.07, 6.45) is 0. The zero-order chi connectivity index (χ0) is 34.4. The minimum atomic E-state index is 0.914. The van der Waals surface area contributed by atoms with Gasteiger partial charge in [0.1, 0.15) is 11.2 Å². The second-order valence-electron chi connectivity index (χ2n) is 14.8. The SMILES string of the molecule is c1ccc2cc3c(cc2c1)oc1c(-c2ccc4ccc5cccc6ccc2c4c56)cc(-c2ccc4c5ccccc5c5cccc6ccc2c4c65)cc13. The molecule has 0 aliphatic carbocycles. The average molecular weight is 669 g/mol.